The molecule has 0 saturated heterocycles. The molecule has 0 spiro atoms. The number of thiazole rings is 1. The predicted octanol–water partition coefficient (Wildman–Crippen LogP) is 3.66. The summed E-state index contributed by atoms with van der Waals surface area (Å²) in [5.74, 6) is 0.528. The molecule has 146 valence electrons. The lowest BCUT2D eigenvalue weighted by Gasteiger charge is -2.05. The number of nitrogens with zero attached hydrogens (tertiary/aromatic N) is 3. The van der Waals surface area contributed by atoms with E-state index in [0.29, 0.717) is 34.6 Å². The highest BCUT2D eigenvalue weighted by Gasteiger charge is 2.09. The zero-order valence-corrected chi connectivity index (χ0v) is 17.7. The Morgan fingerprint density at radius 3 is 2.93 bits per heavy atom. The fourth-order valence-corrected chi connectivity index (χ4v) is 4.70. The summed E-state index contributed by atoms with van der Waals surface area (Å²) >= 11 is 15.1. The molecule has 2 heterocycles. The molecule has 0 bridgehead atoms. The molecule has 28 heavy (non-hydrogen) atoms. The Bertz CT molecular complexity index is 1020. The molecule has 3 rings (SSSR count). The van der Waals surface area contributed by atoms with Gasteiger partial charge < -0.3 is 5.32 Å². The highest BCUT2D eigenvalue weighted by molar-refractivity contribution is 8.00. The van der Waals surface area contributed by atoms with Crippen molar-refractivity contribution in [3.8, 4) is 0 Å². The van der Waals surface area contributed by atoms with Crippen molar-refractivity contribution in [2.45, 2.75) is 23.1 Å². The van der Waals surface area contributed by atoms with Crippen LogP contribution in [0.4, 0.5) is 0 Å². The van der Waals surface area contributed by atoms with Crippen LogP contribution in [-0.4, -0.2) is 27.2 Å². The molecule has 0 fully saturated rings. The van der Waals surface area contributed by atoms with E-state index in [2.05, 4.69) is 15.4 Å². The van der Waals surface area contributed by atoms with E-state index < -0.39 is 0 Å². The van der Waals surface area contributed by atoms with Gasteiger partial charge >= 0.3 is 0 Å². The fourth-order valence-electron chi connectivity index (χ4n) is 2.30. The van der Waals surface area contributed by atoms with Gasteiger partial charge in [0.1, 0.15) is 4.34 Å². The lowest BCUT2D eigenvalue weighted by atomic mass is 10.2. The summed E-state index contributed by atoms with van der Waals surface area (Å²) in [4.78, 5) is 28.1. The second kappa shape index (κ2) is 10.1. The standard InChI is InChI=1S/C18H16Cl2N4O2S2/c19-13-4-3-12(15(20)8-13)10-27-18-23-14(11-28-18)9-16(25)21-6-7-24-17(26)2-1-5-22-24/h1-5,8,11H,6-7,9-10H2,(H,21,25). The molecule has 2 aromatic heterocycles. The minimum absolute atomic E-state index is 0.147. The van der Waals surface area contributed by atoms with Crippen molar-refractivity contribution in [2.24, 2.45) is 0 Å². The van der Waals surface area contributed by atoms with Crippen molar-refractivity contribution >= 4 is 52.2 Å². The lowest BCUT2D eigenvalue weighted by molar-refractivity contribution is -0.120. The van der Waals surface area contributed by atoms with Gasteiger partial charge in [-0.2, -0.15) is 5.10 Å². The zero-order valence-electron chi connectivity index (χ0n) is 14.6. The van der Waals surface area contributed by atoms with Gasteiger partial charge in [-0.15, -0.1) is 11.3 Å². The molecule has 0 aliphatic rings. The number of hydrogen-bond acceptors (Lipinski definition) is 6. The monoisotopic (exact) mass is 454 g/mol. The van der Waals surface area contributed by atoms with Crippen LogP contribution in [0.3, 0.4) is 0 Å². The zero-order chi connectivity index (χ0) is 19.9. The molecule has 6 nitrogen and oxygen atoms in total. The maximum atomic E-state index is 12.1. The number of hydrogen-bond donors (Lipinski definition) is 1. The maximum Gasteiger partial charge on any atom is 0.266 e. The second-order valence-electron chi connectivity index (χ2n) is 5.74. The third-order valence-corrected chi connectivity index (χ3v) is 6.38. The Balaban J connectivity index is 1.45. The van der Waals surface area contributed by atoms with Gasteiger partial charge in [0.05, 0.1) is 18.7 Å². The predicted molar refractivity (Wildman–Crippen MR) is 113 cm³/mol. The van der Waals surface area contributed by atoms with Crippen LogP contribution in [0.15, 0.2) is 51.0 Å². The Kier molecular flexibility index (Phi) is 7.50. The molecule has 1 aromatic carbocycles. The minimum atomic E-state index is -0.196. The smallest absolute Gasteiger partial charge is 0.266 e. The van der Waals surface area contributed by atoms with Gasteiger partial charge in [0.2, 0.25) is 5.91 Å². The first-order chi connectivity index (χ1) is 13.5. The quantitative estimate of drug-likeness (QED) is 0.525. The average Bonchev–Trinajstić information content (AvgIpc) is 3.10. The largest absolute Gasteiger partial charge is 0.354 e. The Morgan fingerprint density at radius 2 is 2.14 bits per heavy atom. The van der Waals surface area contributed by atoms with E-state index in [0.717, 1.165) is 9.90 Å². The molecule has 0 unspecified atom stereocenters. The number of thioether (sulfide) groups is 1. The number of rotatable bonds is 8. The summed E-state index contributed by atoms with van der Waals surface area (Å²) in [6.45, 7) is 0.655. The van der Waals surface area contributed by atoms with Crippen LogP contribution in [-0.2, 0) is 23.5 Å². The number of nitrogens with one attached hydrogen (secondary N) is 1. The van der Waals surface area contributed by atoms with Gasteiger partial charge in [0.15, 0.2) is 0 Å². The molecule has 0 radical (unpaired) electrons. The molecular weight excluding hydrogens is 439 g/mol. The SMILES string of the molecule is O=C(Cc1csc(SCc2ccc(Cl)cc2Cl)n1)NCCn1ncccc1=O. The van der Waals surface area contributed by atoms with Crippen molar-refractivity contribution in [1.29, 1.82) is 0 Å². The summed E-state index contributed by atoms with van der Waals surface area (Å²) in [6, 6.07) is 8.43. The van der Waals surface area contributed by atoms with Crippen LogP contribution in [0.1, 0.15) is 11.3 Å². The number of aromatic nitrogens is 3. The van der Waals surface area contributed by atoms with Gasteiger partial charge in [0, 0.05) is 40.0 Å². The van der Waals surface area contributed by atoms with E-state index in [4.69, 9.17) is 23.2 Å². The van der Waals surface area contributed by atoms with Gasteiger partial charge in [-0.05, 0) is 23.8 Å². The first-order valence-corrected chi connectivity index (χ1v) is 10.9. The van der Waals surface area contributed by atoms with E-state index in [1.165, 1.54) is 28.3 Å². The summed E-state index contributed by atoms with van der Waals surface area (Å²) in [5.41, 5.74) is 1.50. The van der Waals surface area contributed by atoms with Crippen molar-refractivity contribution < 1.29 is 4.79 Å². The second-order valence-corrected chi connectivity index (χ2v) is 8.67. The molecule has 1 amide bonds. The number of carbonyl (C=O) groups is 1. The van der Waals surface area contributed by atoms with Gasteiger partial charge in [-0.3, -0.25) is 9.59 Å². The van der Waals surface area contributed by atoms with Crippen molar-refractivity contribution in [2.75, 3.05) is 6.54 Å². The maximum absolute atomic E-state index is 12.1. The third-order valence-electron chi connectivity index (χ3n) is 3.67. The van der Waals surface area contributed by atoms with Gasteiger partial charge in [-0.25, -0.2) is 9.67 Å². The highest BCUT2D eigenvalue weighted by Crippen LogP contribution is 2.30. The molecule has 1 N–H and O–H groups in total. The Morgan fingerprint density at radius 1 is 1.29 bits per heavy atom. The summed E-state index contributed by atoms with van der Waals surface area (Å²) in [6.07, 6.45) is 1.73. The van der Waals surface area contributed by atoms with Gasteiger partial charge in [-0.1, -0.05) is 41.0 Å². The van der Waals surface area contributed by atoms with Gasteiger partial charge in [0.25, 0.3) is 5.56 Å². The van der Waals surface area contributed by atoms with Crippen molar-refractivity contribution in [3.63, 3.8) is 0 Å². The number of benzene rings is 1. The molecule has 0 atom stereocenters. The normalized spacial score (nSPS) is 10.8. The van der Waals surface area contributed by atoms with E-state index in [9.17, 15) is 9.59 Å². The third kappa shape index (κ3) is 6.07. The number of amides is 1. The van der Waals surface area contributed by atoms with Crippen LogP contribution in [0.2, 0.25) is 10.0 Å². The average molecular weight is 455 g/mol. The van der Waals surface area contributed by atoms with Crippen LogP contribution in [0, 0.1) is 0 Å². The molecule has 0 aliphatic carbocycles. The molecular formula is C18H16Cl2N4O2S2. The molecule has 0 aliphatic heterocycles. The van der Waals surface area contributed by atoms with Crippen LogP contribution < -0.4 is 10.9 Å². The van der Waals surface area contributed by atoms with E-state index in [1.54, 1.807) is 30.0 Å². The summed E-state index contributed by atoms with van der Waals surface area (Å²) < 4.78 is 2.17. The molecule has 0 saturated carbocycles. The van der Waals surface area contributed by atoms with Crippen LogP contribution in [0.25, 0.3) is 0 Å². The molecule has 10 heteroatoms. The summed E-state index contributed by atoms with van der Waals surface area (Å²) in [5, 5.41) is 9.82. The number of carbonyl (C=O) groups excluding carboxylic acids is 1. The first kappa shape index (κ1) is 20.9. The molecule has 3 aromatic rings. The lowest BCUT2D eigenvalue weighted by Crippen LogP contribution is -2.32. The van der Waals surface area contributed by atoms with E-state index in [-0.39, 0.29) is 17.9 Å². The highest BCUT2D eigenvalue weighted by atomic mass is 35.5. The van der Waals surface area contributed by atoms with Crippen molar-refractivity contribution in [3.05, 3.63) is 73.6 Å². The minimum Gasteiger partial charge on any atom is -0.354 e. The fraction of sp³-hybridized carbons (Fsp3) is 0.222. The Hall–Kier alpha value is -1.87. The summed E-state index contributed by atoms with van der Waals surface area (Å²) in [7, 11) is 0. The topological polar surface area (TPSA) is 76.9 Å². The van der Waals surface area contributed by atoms with Crippen LogP contribution >= 0.6 is 46.3 Å². The first-order valence-electron chi connectivity index (χ1n) is 8.31. The Labute approximate surface area is 179 Å². The van der Waals surface area contributed by atoms with Crippen molar-refractivity contribution in [1.82, 2.24) is 20.1 Å². The van der Waals surface area contributed by atoms with E-state index >= 15 is 0 Å². The van der Waals surface area contributed by atoms with Crippen LogP contribution in [0.5, 0.6) is 0 Å². The van der Waals surface area contributed by atoms with E-state index in [1.807, 2.05) is 11.4 Å². The number of halogens is 2.